The molecule has 5 heteroatoms. The third kappa shape index (κ3) is 7.30. The third-order valence-corrected chi connectivity index (χ3v) is 6.99. The van der Waals surface area contributed by atoms with E-state index in [0.717, 1.165) is 12.8 Å². The van der Waals surface area contributed by atoms with Gasteiger partial charge in [0.2, 0.25) is 0 Å². The Bertz CT molecular complexity index is 450. The Kier molecular flexibility index (Phi) is 10.8. The van der Waals surface area contributed by atoms with Gasteiger partial charge >= 0.3 is 0 Å². The molecule has 1 saturated heterocycles. The van der Waals surface area contributed by atoms with Crippen LogP contribution in [0.4, 0.5) is 0 Å². The van der Waals surface area contributed by atoms with Crippen LogP contribution in [0.3, 0.4) is 0 Å². The zero-order valence-corrected chi connectivity index (χ0v) is 20.0. The van der Waals surface area contributed by atoms with Gasteiger partial charge in [0.05, 0.1) is 24.4 Å². The zero-order chi connectivity index (χ0) is 22.4. The minimum absolute atomic E-state index is 0.248. The van der Waals surface area contributed by atoms with Crippen molar-refractivity contribution in [1.29, 1.82) is 0 Å². The second-order valence-corrected chi connectivity index (χ2v) is 9.72. The van der Waals surface area contributed by atoms with Gasteiger partial charge in [-0.25, -0.2) is 0 Å². The summed E-state index contributed by atoms with van der Waals surface area (Å²) in [6.07, 6.45) is 6.58. The van der Waals surface area contributed by atoms with Crippen LogP contribution in [0.15, 0.2) is 0 Å². The first kappa shape index (κ1) is 26.5. The van der Waals surface area contributed by atoms with Crippen LogP contribution < -0.4 is 0 Å². The SMILES string of the molecule is CC(O)C(C)O.CC1CCCC(C)C1=O.CC1OC2(OC1C)C(C)CCCC2C. The maximum atomic E-state index is 11.1. The van der Waals surface area contributed by atoms with Crippen molar-refractivity contribution < 1.29 is 24.5 Å². The predicted octanol–water partition coefficient (Wildman–Crippen LogP) is 4.72. The van der Waals surface area contributed by atoms with Crippen LogP contribution in [-0.4, -0.2) is 46.2 Å². The maximum absolute atomic E-state index is 11.1. The van der Waals surface area contributed by atoms with E-state index in [0.29, 0.717) is 29.5 Å². The Balaban J connectivity index is 0.000000242. The van der Waals surface area contributed by atoms with E-state index >= 15 is 0 Å². The second-order valence-electron chi connectivity index (χ2n) is 9.72. The van der Waals surface area contributed by atoms with Gasteiger partial charge in [-0.3, -0.25) is 4.79 Å². The Morgan fingerprint density at radius 1 is 0.759 bits per heavy atom. The summed E-state index contributed by atoms with van der Waals surface area (Å²) in [5.41, 5.74) is 0. The fraction of sp³-hybridized carbons (Fsp3) is 0.958. The normalized spacial score (nSPS) is 41.7. The van der Waals surface area contributed by atoms with Gasteiger partial charge in [-0.2, -0.15) is 0 Å². The van der Waals surface area contributed by atoms with E-state index in [4.69, 9.17) is 19.7 Å². The number of hydrogen-bond donors (Lipinski definition) is 2. The molecule has 0 radical (unpaired) electrons. The largest absolute Gasteiger partial charge is 0.391 e. The van der Waals surface area contributed by atoms with Crippen LogP contribution >= 0.6 is 0 Å². The van der Waals surface area contributed by atoms with Gasteiger partial charge in [0.25, 0.3) is 0 Å². The highest BCUT2D eigenvalue weighted by Gasteiger charge is 2.52. The van der Waals surface area contributed by atoms with E-state index in [9.17, 15) is 4.79 Å². The van der Waals surface area contributed by atoms with Crippen molar-refractivity contribution >= 4 is 5.78 Å². The first-order chi connectivity index (χ1) is 13.4. The van der Waals surface area contributed by atoms with E-state index < -0.39 is 12.2 Å². The summed E-state index contributed by atoms with van der Waals surface area (Å²) in [6, 6.07) is 0. The van der Waals surface area contributed by atoms with Crippen molar-refractivity contribution in [2.45, 2.75) is 124 Å². The molecule has 29 heavy (non-hydrogen) atoms. The summed E-state index contributed by atoms with van der Waals surface area (Å²) < 4.78 is 12.2. The molecule has 172 valence electrons. The van der Waals surface area contributed by atoms with E-state index in [1.165, 1.54) is 25.7 Å². The molecule has 2 aliphatic carbocycles. The van der Waals surface area contributed by atoms with E-state index in [1.54, 1.807) is 13.8 Å². The summed E-state index contributed by atoms with van der Waals surface area (Å²) in [4.78, 5) is 11.1. The lowest BCUT2D eigenvalue weighted by Crippen LogP contribution is -2.47. The van der Waals surface area contributed by atoms with Gasteiger partial charge in [0.15, 0.2) is 5.79 Å². The van der Waals surface area contributed by atoms with Crippen LogP contribution in [0.1, 0.15) is 93.9 Å². The number of hydrogen-bond acceptors (Lipinski definition) is 5. The monoisotopic (exact) mass is 414 g/mol. The number of aliphatic hydroxyl groups excluding tert-OH is 2. The van der Waals surface area contributed by atoms with Gasteiger partial charge in [0, 0.05) is 23.7 Å². The molecule has 0 aromatic carbocycles. The third-order valence-electron chi connectivity index (χ3n) is 6.99. The molecular weight excluding hydrogens is 368 g/mol. The molecule has 0 bridgehead atoms. The second kappa shape index (κ2) is 11.8. The van der Waals surface area contributed by atoms with Gasteiger partial charge in [-0.15, -0.1) is 0 Å². The Hall–Kier alpha value is -0.490. The van der Waals surface area contributed by atoms with Crippen molar-refractivity contribution in [1.82, 2.24) is 0 Å². The van der Waals surface area contributed by atoms with Crippen LogP contribution in [0.2, 0.25) is 0 Å². The Labute approximate surface area is 178 Å². The first-order valence-corrected chi connectivity index (χ1v) is 11.7. The summed E-state index contributed by atoms with van der Waals surface area (Å²) in [7, 11) is 0. The topological polar surface area (TPSA) is 76.0 Å². The molecule has 0 amide bonds. The average Bonchev–Trinajstić information content (AvgIpc) is 2.95. The van der Waals surface area contributed by atoms with Crippen LogP contribution in [0.5, 0.6) is 0 Å². The molecule has 1 heterocycles. The van der Waals surface area contributed by atoms with Crippen molar-refractivity contribution in [3.8, 4) is 0 Å². The van der Waals surface area contributed by atoms with Gasteiger partial charge in [-0.05, 0) is 53.4 Å². The summed E-state index contributed by atoms with van der Waals surface area (Å²) >= 11 is 0. The predicted molar refractivity (Wildman–Crippen MR) is 117 cm³/mol. The molecule has 3 aliphatic rings. The fourth-order valence-electron chi connectivity index (χ4n) is 4.38. The smallest absolute Gasteiger partial charge is 0.174 e. The number of ether oxygens (including phenoxy) is 2. The fourth-order valence-corrected chi connectivity index (χ4v) is 4.38. The highest BCUT2D eigenvalue weighted by atomic mass is 16.8. The lowest BCUT2D eigenvalue weighted by Gasteiger charge is -2.43. The van der Waals surface area contributed by atoms with Gasteiger partial charge in [0.1, 0.15) is 5.78 Å². The molecule has 1 spiro atoms. The molecule has 3 fully saturated rings. The summed E-state index contributed by atoms with van der Waals surface area (Å²) in [5.74, 6) is 1.97. The first-order valence-electron chi connectivity index (χ1n) is 11.7. The molecule has 8 unspecified atom stereocenters. The maximum Gasteiger partial charge on any atom is 0.174 e. The standard InChI is InChI=1S/C12H22O2.C8H14O.C4H10O2/c1-8-6-5-7-9(2)12(8)13-10(3)11(4)14-12;1-6-4-3-5-7(2)8(6)9;1-3(5)4(2)6/h8-11H,5-7H2,1-4H3;6-7H,3-5H2,1-2H3;3-6H,1-2H3. The average molecular weight is 415 g/mol. The van der Waals surface area contributed by atoms with E-state index in [-0.39, 0.29) is 18.0 Å². The molecule has 1 aliphatic heterocycles. The zero-order valence-electron chi connectivity index (χ0n) is 20.0. The van der Waals surface area contributed by atoms with Crippen LogP contribution in [0.25, 0.3) is 0 Å². The molecule has 5 nitrogen and oxygen atoms in total. The Morgan fingerprint density at radius 2 is 1.10 bits per heavy atom. The van der Waals surface area contributed by atoms with E-state index in [2.05, 4.69) is 27.7 Å². The van der Waals surface area contributed by atoms with Crippen molar-refractivity contribution in [2.75, 3.05) is 0 Å². The highest BCUT2D eigenvalue weighted by Crippen LogP contribution is 2.47. The van der Waals surface area contributed by atoms with Crippen molar-refractivity contribution in [3.63, 3.8) is 0 Å². The van der Waals surface area contributed by atoms with Gasteiger partial charge < -0.3 is 19.7 Å². The van der Waals surface area contributed by atoms with Crippen molar-refractivity contribution in [3.05, 3.63) is 0 Å². The number of rotatable bonds is 1. The van der Waals surface area contributed by atoms with Crippen LogP contribution in [-0.2, 0) is 14.3 Å². The van der Waals surface area contributed by atoms with Gasteiger partial charge in [-0.1, -0.05) is 40.5 Å². The lowest BCUT2D eigenvalue weighted by atomic mass is 9.77. The quantitative estimate of drug-likeness (QED) is 0.649. The number of ketones is 1. The van der Waals surface area contributed by atoms with E-state index in [1.807, 2.05) is 13.8 Å². The molecule has 3 rings (SSSR count). The summed E-state index contributed by atoms with van der Waals surface area (Å²) in [5, 5.41) is 16.8. The molecule has 0 aromatic rings. The Morgan fingerprint density at radius 3 is 1.41 bits per heavy atom. The lowest BCUT2D eigenvalue weighted by molar-refractivity contribution is -0.250. The molecule has 0 aromatic heterocycles. The molecule has 2 N–H and O–H groups in total. The summed E-state index contributed by atoms with van der Waals surface area (Å²) in [6.45, 7) is 15.9. The minimum Gasteiger partial charge on any atom is -0.391 e. The number of carbonyl (C=O) groups excluding carboxylic acids is 1. The molecule has 2 saturated carbocycles. The number of aliphatic hydroxyl groups is 2. The van der Waals surface area contributed by atoms with Crippen molar-refractivity contribution in [2.24, 2.45) is 23.7 Å². The number of Topliss-reactive ketones (excluding diaryl/α,β-unsaturated/α-hetero) is 1. The minimum atomic E-state index is -0.593. The molecule has 8 atom stereocenters. The highest BCUT2D eigenvalue weighted by molar-refractivity contribution is 5.83. The van der Waals surface area contributed by atoms with Crippen LogP contribution in [0, 0.1) is 23.7 Å². The molecular formula is C24H46O5. The number of carbonyl (C=O) groups is 1.